The second-order valence-electron chi connectivity index (χ2n) is 22.5. The Hall–Kier alpha value is -4.91. The largest absolute Gasteiger partial charge is 0.497 e. The van der Waals surface area contributed by atoms with E-state index < -0.39 is 68.4 Å². The molecule has 0 bridgehead atoms. The van der Waals surface area contributed by atoms with Gasteiger partial charge < -0.3 is 51.8 Å². The van der Waals surface area contributed by atoms with Gasteiger partial charge in [0.05, 0.1) is 39.5 Å². The Bertz CT molecular complexity index is 2520. The van der Waals surface area contributed by atoms with Crippen LogP contribution in [0.2, 0.25) is 5.04 Å². The summed E-state index contributed by atoms with van der Waals surface area (Å²) in [4.78, 5) is 25.0. The summed E-state index contributed by atoms with van der Waals surface area (Å²) in [6, 6.07) is 48.9. The number of thioether (sulfide) groups is 1. The average Bonchev–Trinajstić information content (AvgIpc) is 4.09. The maximum Gasteiger partial charge on any atom is 0.311 e. The van der Waals surface area contributed by atoms with Crippen LogP contribution >= 0.6 is 11.8 Å². The third-order valence-electron chi connectivity index (χ3n) is 14.5. The fraction of sp³-hybridized carbons (Fsp3) is 0.508. The Kier molecular flexibility index (Phi) is 24.2. The number of methoxy groups -OCH3 is 2. The molecule has 2 aliphatic heterocycles. The van der Waals surface area contributed by atoms with E-state index in [1.165, 1.54) is 7.11 Å². The van der Waals surface area contributed by atoms with Crippen molar-refractivity contribution in [2.45, 2.75) is 166 Å². The molecule has 0 aromatic heterocycles. The maximum atomic E-state index is 13.4. The predicted molar refractivity (Wildman–Crippen MR) is 315 cm³/mol. The highest BCUT2D eigenvalue weighted by Crippen LogP contribution is 2.42. The highest BCUT2D eigenvalue weighted by atomic mass is 32.2. The van der Waals surface area contributed by atoms with E-state index in [0.717, 1.165) is 65.8 Å². The zero-order valence-corrected chi connectivity index (χ0v) is 50.3. The molecule has 2 fully saturated rings. The second kappa shape index (κ2) is 30.9. The van der Waals surface area contributed by atoms with Crippen LogP contribution < -0.4 is 15.1 Å². The Morgan fingerprint density at radius 2 is 1.10 bits per heavy atom. The molecule has 2 heterocycles. The van der Waals surface area contributed by atoms with E-state index in [0.29, 0.717) is 30.9 Å². The summed E-state index contributed by atoms with van der Waals surface area (Å²) in [5.41, 5.74) is 1.40. The van der Waals surface area contributed by atoms with E-state index in [1.807, 2.05) is 106 Å². The highest BCUT2D eigenvalue weighted by Gasteiger charge is 2.55. The van der Waals surface area contributed by atoms with Gasteiger partial charge >= 0.3 is 11.9 Å². The van der Waals surface area contributed by atoms with Gasteiger partial charge in [0.1, 0.15) is 54.4 Å². The van der Waals surface area contributed by atoms with Gasteiger partial charge in [-0.3, -0.25) is 9.59 Å². The molecule has 0 N–H and O–H groups in total. The molecule has 0 saturated carbocycles. The summed E-state index contributed by atoms with van der Waals surface area (Å²) in [7, 11) is 0.0251. The standard InChI is InChI=1S/C65H86O13SSi/c1-10-79-62-59(57(72-44-48-31-21-16-22-32-48)54(76-62)46-74-80(65(5,6)7,51-33-23-17-24-34-51)52-35-25-18-26-36-52)78-60(49-38-40-50(68-8)41-39-49)77-58-56(71-43-47-29-19-15-20-30-47)53(45-73-63(67)64(2,3)4)75-61(58)70-42-28-14-12-11-13-27-37-55(66)69-9/h15-26,29-36,38-41,53-54,56-62H,10-14,27-28,37,42-46H2,1-9H3/t53-,54-,56-,57-,58+,59+,60?,61+,62-/m1/s1. The summed E-state index contributed by atoms with van der Waals surface area (Å²) in [5, 5.41) is 2.04. The summed E-state index contributed by atoms with van der Waals surface area (Å²) in [6.07, 6.45) is -0.534. The van der Waals surface area contributed by atoms with Crippen molar-refractivity contribution < 1.29 is 61.4 Å². The Balaban J connectivity index is 1.24. The molecule has 15 heteroatoms. The average molecular weight is 1140 g/mol. The third-order valence-corrected chi connectivity index (χ3v) is 20.6. The molecule has 1 unspecified atom stereocenters. The zero-order chi connectivity index (χ0) is 57.0. The van der Waals surface area contributed by atoms with Crippen LogP contribution in [0.25, 0.3) is 0 Å². The first kappa shape index (κ1) is 62.7. The van der Waals surface area contributed by atoms with Crippen molar-refractivity contribution in [2.75, 3.05) is 39.8 Å². The molecule has 0 amide bonds. The molecule has 0 aliphatic carbocycles. The lowest BCUT2D eigenvalue weighted by molar-refractivity contribution is -0.261. The summed E-state index contributed by atoms with van der Waals surface area (Å²) in [6.45, 7) is 15.4. The molecule has 7 rings (SSSR count). The minimum Gasteiger partial charge on any atom is -0.497 e. The first-order valence-corrected chi connectivity index (χ1v) is 31.4. The SMILES string of the molecule is CCS[C@H]1O[C@H](CO[Si](c2ccccc2)(c2ccccc2)C(C)(C)C)[C@@H](OCc2ccccc2)[C@@H]1OC(O[C@@H]1[C@@H](OCCCCCCCCC(=O)OC)O[C@H](COC(=O)C(C)(C)C)[C@H]1OCc1ccccc1)c1ccc(OC)cc1. The summed E-state index contributed by atoms with van der Waals surface area (Å²) < 4.78 is 73.6. The van der Waals surface area contributed by atoms with Crippen LogP contribution in [0.15, 0.2) is 146 Å². The van der Waals surface area contributed by atoms with Crippen molar-refractivity contribution in [3.63, 3.8) is 0 Å². The normalized spacial score (nSPS) is 21.8. The number of rotatable bonds is 31. The molecular formula is C65H86O13SSi. The van der Waals surface area contributed by atoms with E-state index in [9.17, 15) is 9.59 Å². The van der Waals surface area contributed by atoms with Gasteiger partial charge in [0.25, 0.3) is 8.32 Å². The van der Waals surface area contributed by atoms with Crippen molar-refractivity contribution in [2.24, 2.45) is 5.41 Å². The number of carbonyl (C=O) groups excluding carboxylic acids is 2. The van der Waals surface area contributed by atoms with Gasteiger partial charge in [-0.25, -0.2) is 0 Å². The van der Waals surface area contributed by atoms with Crippen LogP contribution in [0.3, 0.4) is 0 Å². The van der Waals surface area contributed by atoms with Gasteiger partial charge in [0.15, 0.2) is 12.6 Å². The van der Waals surface area contributed by atoms with Crippen molar-refractivity contribution in [3.8, 4) is 5.75 Å². The van der Waals surface area contributed by atoms with Crippen LogP contribution in [-0.4, -0.2) is 108 Å². The highest BCUT2D eigenvalue weighted by molar-refractivity contribution is 7.99. The van der Waals surface area contributed by atoms with Gasteiger partial charge in [0, 0.05) is 18.6 Å². The van der Waals surface area contributed by atoms with Gasteiger partial charge in [-0.05, 0) is 78.0 Å². The van der Waals surface area contributed by atoms with E-state index >= 15 is 0 Å². The summed E-state index contributed by atoms with van der Waals surface area (Å²) >= 11 is 1.65. The van der Waals surface area contributed by atoms with E-state index in [4.69, 9.17) is 51.8 Å². The Morgan fingerprint density at radius 3 is 1.62 bits per heavy atom. The van der Waals surface area contributed by atoms with E-state index in [2.05, 4.69) is 88.4 Å². The van der Waals surface area contributed by atoms with Crippen LogP contribution in [0, 0.1) is 5.41 Å². The monoisotopic (exact) mass is 1130 g/mol. The first-order chi connectivity index (χ1) is 38.6. The summed E-state index contributed by atoms with van der Waals surface area (Å²) in [5.74, 6) is 0.847. The van der Waals surface area contributed by atoms with Gasteiger partial charge in [-0.2, -0.15) is 0 Å². The smallest absolute Gasteiger partial charge is 0.311 e. The number of carbonyl (C=O) groups is 2. The number of hydrogen-bond acceptors (Lipinski definition) is 14. The second-order valence-corrected chi connectivity index (χ2v) is 28.2. The number of hydrogen-bond donors (Lipinski definition) is 0. The maximum absolute atomic E-state index is 13.4. The number of unbranched alkanes of at least 4 members (excludes halogenated alkanes) is 5. The van der Waals surface area contributed by atoms with Crippen molar-refractivity contribution in [1.82, 2.24) is 0 Å². The topological polar surface area (TPSA) is 136 Å². The van der Waals surface area contributed by atoms with Crippen LogP contribution in [0.4, 0.5) is 0 Å². The number of ether oxygens (including phenoxy) is 10. The van der Waals surface area contributed by atoms with Crippen molar-refractivity contribution >= 4 is 42.4 Å². The molecule has 13 nitrogen and oxygen atoms in total. The van der Waals surface area contributed by atoms with Crippen LogP contribution in [0.5, 0.6) is 5.75 Å². The molecule has 0 radical (unpaired) electrons. The molecule has 5 aromatic rings. The molecular weight excluding hydrogens is 1050 g/mol. The van der Waals surface area contributed by atoms with Crippen molar-refractivity contribution in [3.05, 3.63) is 162 Å². The van der Waals surface area contributed by atoms with Gasteiger partial charge in [0.2, 0.25) is 0 Å². The van der Waals surface area contributed by atoms with E-state index in [-0.39, 0.29) is 36.8 Å². The first-order valence-electron chi connectivity index (χ1n) is 28.4. The molecule has 9 atom stereocenters. The van der Waals surface area contributed by atoms with Gasteiger partial charge in [-0.1, -0.05) is 187 Å². The lowest BCUT2D eigenvalue weighted by atomic mass is 9.97. The fourth-order valence-corrected chi connectivity index (χ4v) is 15.8. The lowest BCUT2D eigenvalue weighted by Gasteiger charge is -2.43. The Labute approximate surface area is 481 Å². The third kappa shape index (κ3) is 17.3. The molecule has 0 spiro atoms. The zero-order valence-electron chi connectivity index (χ0n) is 48.5. The molecule has 2 saturated heterocycles. The fourth-order valence-electron chi connectivity index (χ4n) is 10.3. The lowest BCUT2D eigenvalue weighted by Crippen LogP contribution is -2.67. The minimum atomic E-state index is -3.03. The van der Waals surface area contributed by atoms with Crippen LogP contribution in [-0.2, 0) is 69.9 Å². The molecule has 5 aromatic carbocycles. The predicted octanol–water partition coefficient (Wildman–Crippen LogP) is 11.9. The van der Waals surface area contributed by atoms with E-state index in [1.54, 1.807) is 18.9 Å². The van der Waals surface area contributed by atoms with Crippen molar-refractivity contribution in [1.29, 1.82) is 0 Å². The molecule has 80 heavy (non-hydrogen) atoms. The van der Waals surface area contributed by atoms with Crippen LogP contribution in [0.1, 0.15) is 116 Å². The quantitative estimate of drug-likeness (QED) is 0.0180. The number of benzene rings is 5. The molecule has 2 aliphatic rings. The number of esters is 2. The minimum absolute atomic E-state index is 0.0942. The van der Waals surface area contributed by atoms with Gasteiger partial charge in [-0.15, -0.1) is 11.8 Å². The Morgan fingerprint density at radius 1 is 0.588 bits per heavy atom. The molecule has 434 valence electrons.